The Morgan fingerprint density at radius 3 is 2.48 bits per heavy atom. The second kappa shape index (κ2) is 10.5. The quantitative estimate of drug-likeness (QED) is 0.436. The summed E-state index contributed by atoms with van der Waals surface area (Å²) < 4.78 is 4.56. The lowest BCUT2D eigenvalue weighted by Crippen LogP contribution is -2.36. The second-order valence-corrected chi connectivity index (χ2v) is 6.41. The molecule has 2 rings (SSSR count). The fourth-order valence-corrected chi connectivity index (χ4v) is 2.59. The monoisotopic (exact) mass is 454 g/mol. The van der Waals surface area contributed by atoms with Crippen LogP contribution in [-0.4, -0.2) is 29.3 Å². The highest BCUT2D eigenvalue weighted by atomic mass is 35.5. The number of amides is 2. The first-order chi connectivity index (χ1) is 13.8. The standard InChI is InChI=1S/C17H13Cl3N6O3/c1-2-29-17(28)24-16(27)13(7-21)26-25-10-5-11(19)15(12(20)6-10)23-14-4-3-9(18)8-22-14/h3-6,8,25H,2H2,1H3,(H,22,23)(H,24,27,28). The van der Waals surface area contributed by atoms with Gasteiger partial charge in [0.1, 0.15) is 11.9 Å². The van der Waals surface area contributed by atoms with E-state index in [-0.39, 0.29) is 16.7 Å². The molecule has 0 aliphatic rings. The Bertz CT molecular complexity index is 966. The first kappa shape index (κ1) is 22.2. The van der Waals surface area contributed by atoms with Gasteiger partial charge in [-0.25, -0.2) is 9.78 Å². The van der Waals surface area contributed by atoms with Crippen LogP contribution in [0.4, 0.5) is 22.0 Å². The number of ether oxygens (including phenoxy) is 1. The fourth-order valence-electron chi connectivity index (χ4n) is 1.90. The van der Waals surface area contributed by atoms with Gasteiger partial charge in [-0.3, -0.25) is 15.5 Å². The van der Waals surface area contributed by atoms with Crippen LogP contribution in [0, 0.1) is 11.3 Å². The molecule has 1 aromatic carbocycles. The fraction of sp³-hybridized carbons (Fsp3) is 0.118. The first-order valence-electron chi connectivity index (χ1n) is 7.93. The Labute approximate surface area is 180 Å². The lowest BCUT2D eigenvalue weighted by molar-refractivity contribution is -0.114. The smallest absolute Gasteiger partial charge is 0.414 e. The number of rotatable bonds is 6. The molecule has 9 nitrogen and oxygen atoms in total. The van der Waals surface area contributed by atoms with E-state index in [0.29, 0.717) is 22.2 Å². The average molecular weight is 456 g/mol. The third-order valence-corrected chi connectivity index (χ3v) is 3.95. The number of pyridine rings is 1. The highest BCUT2D eigenvalue weighted by Crippen LogP contribution is 2.35. The van der Waals surface area contributed by atoms with Gasteiger partial charge in [-0.1, -0.05) is 34.8 Å². The molecule has 0 atom stereocenters. The number of anilines is 3. The van der Waals surface area contributed by atoms with Gasteiger partial charge in [0, 0.05) is 6.20 Å². The molecule has 0 fully saturated rings. The Morgan fingerprint density at radius 1 is 1.24 bits per heavy atom. The SMILES string of the molecule is CCOC(=O)NC(=O)C(C#N)=NNc1cc(Cl)c(Nc2ccc(Cl)cn2)c(Cl)c1. The number of nitrogens with one attached hydrogen (secondary N) is 3. The van der Waals surface area contributed by atoms with Crippen LogP contribution in [0.5, 0.6) is 0 Å². The van der Waals surface area contributed by atoms with Gasteiger partial charge >= 0.3 is 6.09 Å². The number of hydrazone groups is 1. The summed E-state index contributed by atoms with van der Waals surface area (Å²) >= 11 is 18.3. The summed E-state index contributed by atoms with van der Waals surface area (Å²) in [7, 11) is 0. The van der Waals surface area contributed by atoms with Crippen molar-refractivity contribution in [3.63, 3.8) is 0 Å². The Balaban J connectivity index is 2.14. The Morgan fingerprint density at radius 2 is 1.93 bits per heavy atom. The normalized spacial score (nSPS) is 10.7. The van der Waals surface area contributed by atoms with Crippen molar-refractivity contribution in [2.45, 2.75) is 6.92 Å². The molecular weight excluding hydrogens is 443 g/mol. The van der Waals surface area contributed by atoms with Crippen LogP contribution >= 0.6 is 34.8 Å². The van der Waals surface area contributed by atoms with Crippen LogP contribution in [0.25, 0.3) is 0 Å². The van der Waals surface area contributed by atoms with Crippen molar-refractivity contribution in [2.24, 2.45) is 5.10 Å². The number of hydrogen-bond donors (Lipinski definition) is 3. The number of halogens is 3. The van der Waals surface area contributed by atoms with E-state index < -0.39 is 17.7 Å². The molecule has 0 aliphatic carbocycles. The van der Waals surface area contributed by atoms with Crippen molar-refractivity contribution in [3.8, 4) is 6.07 Å². The van der Waals surface area contributed by atoms with Crippen molar-refractivity contribution in [2.75, 3.05) is 17.3 Å². The van der Waals surface area contributed by atoms with E-state index in [0.717, 1.165) is 0 Å². The maximum atomic E-state index is 11.8. The van der Waals surface area contributed by atoms with Gasteiger partial charge < -0.3 is 10.1 Å². The van der Waals surface area contributed by atoms with Crippen LogP contribution in [0.2, 0.25) is 15.1 Å². The van der Waals surface area contributed by atoms with Gasteiger partial charge in [-0.2, -0.15) is 10.4 Å². The molecule has 12 heteroatoms. The number of nitriles is 1. The predicted molar refractivity (Wildman–Crippen MR) is 111 cm³/mol. The van der Waals surface area contributed by atoms with E-state index in [4.69, 9.17) is 40.1 Å². The van der Waals surface area contributed by atoms with Crippen molar-refractivity contribution < 1.29 is 14.3 Å². The molecule has 1 aromatic heterocycles. The second-order valence-electron chi connectivity index (χ2n) is 5.16. The van der Waals surface area contributed by atoms with Gasteiger partial charge in [0.2, 0.25) is 5.71 Å². The molecule has 2 aromatic rings. The highest BCUT2D eigenvalue weighted by Gasteiger charge is 2.16. The van der Waals surface area contributed by atoms with E-state index in [1.807, 2.05) is 5.32 Å². The Kier molecular flexibility index (Phi) is 8.03. The van der Waals surface area contributed by atoms with Crippen LogP contribution in [-0.2, 0) is 9.53 Å². The molecule has 1 heterocycles. The van der Waals surface area contributed by atoms with Crippen molar-refractivity contribution in [1.29, 1.82) is 5.26 Å². The molecule has 150 valence electrons. The van der Waals surface area contributed by atoms with Gasteiger partial charge in [-0.15, -0.1) is 0 Å². The molecule has 29 heavy (non-hydrogen) atoms. The van der Waals surface area contributed by atoms with Crippen LogP contribution in [0.15, 0.2) is 35.6 Å². The zero-order valence-corrected chi connectivity index (χ0v) is 17.1. The zero-order valence-electron chi connectivity index (χ0n) is 14.8. The predicted octanol–water partition coefficient (Wildman–Crippen LogP) is 4.35. The summed E-state index contributed by atoms with van der Waals surface area (Å²) in [5, 5.41) is 18.4. The number of hydrogen-bond acceptors (Lipinski definition) is 8. The lowest BCUT2D eigenvalue weighted by atomic mass is 10.2. The third kappa shape index (κ3) is 6.50. The number of carbonyl (C=O) groups is 2. The summed E-state index contributed by atoms with van der Waals surface area (Å²) in [6, 6.07) is 7.79. The minimum Gasteiger partial charge on any atom is -0.450 e. The van der Waals surface area contributed by atoms with E-state index in [9.17, 15) is 9.59 Å². The highest BCUT2D eigenvalue weighted by molar-refractivity contribution is 6.47. The molecule has 2 amide bonds. The molecule has 0 saturated carbocycles. The Hall–Kier alpha value is -3.06. The van der Waals surface area contributed by atoms with Crippen LogP contribution in [0.1, 0.15) is 6.92 Å². The van der Waals surface area contributed by atoms with E-state index in [1.54, 1.807) is 25.1 Å². The number of carbonyl (C=O) groups excluding carboxylic acids is 2. The molecule has 0 unspecified atom stereocenters. The maximum absolute atomic E-state index is 11.8. The largest absolute Gasteiger partial charge is 0.450 e. The minimum absolute atomic E-state index is 0.0688. The van der Waals surface area contributed by atoms with Gasteiger partial charge in [-0.05, 0) is 31.2 Å². The van der Waals surface area contributed by atoms with E-state index in [2.05, 4.69) is 25.6 Å². The molecule has 0 bridgehead atoms. The summed E-state index contributed by atoms with van der Waals surface area (Å²) in [4.78, 5) is 27.2. The van der Waals surface area contributed by atoms with Crippen LogP contribution < -0.4 is 16.1 Å². The number of nitrogens with zero attached hydrogens (tertiary/aromatic N) is 3. The molecule has 0 radical (unpaired) electrons. The van der Waals surface area contributed by atoms with Crippen molar-refractivity contribution in [3.05, 3.63) is 45.5 Å². The molecular formula is C17H13Cl3N6O3. The molecule has 3 N–H and O–H groups in total. The number of imide groups is 1. The van der Waals surface area contributed by atoms with Gasteiger partial charge in [0.15, 0.2) is 0 Å². The average Bonchev–Trinajstić information content (AvgIpc) is 2.66. The molecule has 0 saturated heterocycles. The number of aromatic nitrogens is 1. The van der Waals surface area contributed by atoms with E-state index in [1.165, 1.54) is 18.3 Å². The summed E-state index contributed by atoms with van der Waals surface area (Å²) in [5.74, 6) is -0.554. The summed E-state index contributed by atoms with van der Waals surface area (Å²) in [6.07, 6.45) is 0.471. The summed E-state index contributed by atoms with van der Waals surface area (Å²) in [6.45, 7) is 1.64. The van der Waals surface area contributed by atoms with E-state index >= 15 is 0 Å². The minimum atomic E-state index is -1.03. The van der Waals surface area contributed by atoms with Crippen molar-refractivity contribution in [1.82, 2.24) is 10.3 Å². The van der Waals surface area contributed by atoms with Crippen LogP contribution in [0.3, 0.4) is 0 Å². The number of benzene rings is 1. The molecule has 0 aliphatic heterocycles. The summed E-state index contributed by atoms with van der Waals surface area (Å²) in [5.41, 5.74) is 2.57. The molecule has 0 spiro atoms. The third-order valence-electron chi connectivity index (χ3n) is 3.13. The zero-order chi connectivity index (χ0) is 21.4. The number of alkyl carbamates (subject to hydrolysis) is 1. The lowest BCUT2D eigenvalue weighted by Gasteiger charge is -2.12. The first-order valence-corrected chi connectivity index (χ1v) is 9.07. The topological polar surface area (TPSA) is 128 Å². The van der Waals surface area contributed by atoms with Crippen molar-refractivity contribution >= 4 is 69.7 Å². The van der Waals surface area contributed by atoms with Gasteiger partial charge in [0.25, 0.3) is 5.91 Å². The maximum Gasteiger partial charge on any atom is 0.414 e. The van der Waals surface area contributed by atoms with Gasteiger partial charge in [0.05, 0.1) is 33.0 Å².